The highest BCUT2D eigenvalue weighted by Gasteiger charge is 2.37. The van der Waals surface area contributed by atoms with Gasteiger partial charge in [-0.2, -0.15) is 0 Å². The molecule has 12 aromatic carbocycles. The van der Waals surface area contributed by atoms with Crippen LogP contribution in [0.25, 0.3) is 92.2 Å². The van der Waals surface area contributed by atoms with Crippen molar-refractivity contribution < 1.29 is 0 Å². The van der Waals surface area contributed by atoms with E-state index in [1.807, 2.05) is 11.3 Å². The zero-order chi connectivity index (χ0) is 54.8. The van der Waals surface area contributed by atoms with Crippen LogP contribution >= 0.6 is 11.3 Å². The molecule has 0 aliphatic heterocycles. The summed E-state index contributed by atoms with van der Waals surface area (Å²) in [4.78, 5) is 4.79. The lowest BCUT2D eigenvalue weighted by atomic mass is 9.82. The average molecular weight is 1070 g/mol. The van der Waals surface area contributed by atoms with E-state index in [1.165, 1.54) is 109 Å². The van der Waals surface area contributed by atoms with E-state index in [0.29, 0.717) is 0 Å². The van der Waals surface area contributed by atoms with Crippen LogP contribution < -0.4 is 9.80 Å². The van der Waals surface area contributed by atoms with Gasteiger partial charge < -0.3 is 14.4 Å². The summed E-state index contributed by atoms with van der Waals surface area (Å²) < 4.78 is 5.07. The first-order chi connectivity index (χ1) is 40.2. The van der Waals surface area contributed by atoms with E-state index in [9.17, 15) is 0 Å². The molecule has 2 aliphatic carbocycles. The molecule has 4 heteroatoms. The molecule has 0 fully saturated rings. The van der Waals surface area contributed by atoms with Crippen molar-refractivity contribution in [1.82, 2.24) is 4.57 Å². The third-order valence-corrected chi connectivity index (χ3v) is 19.1. The largest absolute Gasteiger partial charge is 0.310 e. The molecule has 0 N–H and O–H groups in total. The van der Waals surface area contributed by atoms with Gasteiger partial charge in [-0.25, -0.2) is 0 Å². The maximum absolute atomic E-state index is 2.47. The Hall–Kier alpha value is -9.74. The lowest BCUT2D eigenvalue weighted by molar-refractivity contribution is 0.660. The summed E-state index contributed by atoms with van der Waals surface area (Å²) in [6, 6.07) is 102. The van der Waals surface area contributed by atoms with Gasteiger partial charge in [-0.05, 0) is 182 Å². The predicted molar refractivity (Wildman–Crippen MR) is 349 cm³/mol. The zero-order valence-corrected chi connectivity index (χ0v) is 47.0. The number of para-hydroxylation sites is 2. The predicted octanol–water partition coefficient (Wildman–Crippen LogP) is 22.0. The molecular weight excluding hydrogens is 1010 g/mol. The van der Waals surface area contributed by atoms with E-state index in [0.717, 1.165) is 39.8 Å². The molecule has 0 spiro atoms. The minimum atomic E-state index is -0.104. The Morgan fingerprint density at radius 1 is 0.280 bits per heavy atom. The Morgan fingerprint density at radius 3 is 1.20 bits per heavy atom. The van der Waals surface area contributed by atoms with Crippen molar-refractivity contribution in [3.05, 3.63) is 295 Å². The van der Waals surface area contributed by atoms with Crippen LogP contribution in [0.1, 0.15) is 49.9 Å². The number of anilines is 6. The van der Waals surface area contributed by atoms with Gasteiger partial charge in [-0.3, -0.25) is 0 Å². The summed E-state index contributed by atoms with van der Waals surface area (Å²) in [5, 5.41) is 5.05. The molecule has 2 aliphatic rings. The SMILES string of the molecule is CC1(C)c2ccccc2-c2ccc(N(c3ccccc3)c3ccc(-c4ccc5c(c4)c4cc(-c6ccc(N(c7ccccc7)c7ccc8c(c7)C(C)(C)c7ccccc7-8)cc6)ccc4n5-c4ccc5c(c4)sc4ccccc45)cc3)cc21. The minimum Gasteiger partial charge on any atom is -0.310 e. The Labute approximate surface area is 482 Å². The number of fused-ring (bicyclic) bond motifs is 12. The topological polar surface area (TPSA) is 11.4 Å². The molecule has 2 heterocycles. The summed E-state index contributed by atoms with van der Waals surface area (Å²) in [7, 11) is 0. The van der Waals surface area contributed by atoms with Crippen LogP contribution in [-0.2, 0) is 10.8 Å². The number of benzene rings is 12. The van der Waals surface area contributed by atoms with E-state index in [-0.39, 0.29) is 10.8 Å². The molecule has 0 saturated heterocycles. The van der Waals surface area contributed by atoms with Crippen molar-refractivity contribution in [1.29, 1.82) is 0 Å². The summed E-state index contributed by atoms with van der Waals surface area (Å²) in [5.74, 6) is 0. The van der Waals surface area contributed by atoms with Crippen LogP contribution in [0, 0.1) is 0 Å². The Balaban J connectivity index is 0.793. The molecule has 0 amide bonds. The highest BCUT2D eigenvalue weighted by Crippen LogP contribution is 2.53. The summed E-state index contributed by atoms with van der Waals surface area (Å²) >= 11 is 1.87. The van der Waals surface area contributed by atoms with Crippen molar-refractivity contribution in [2.75, 3.05) is 9.80 Å². The highest BCUT2D eigenvalue weighted by molar-refractivity contribution is 7.25. The third-order valence-electron chi connectivity index (χ3n) is 18.0. The van der Waals surface area contributed by atoms with E-state index >= 15 is 0 Å². The third kappa shape index (κ3) is 7.48. The number of aromatic nitrogens is 1. The number of rotatable bonds is 9. The number of hydrogen-bond donors (Lipinski definition) is 0. The molecule has 82 heavy (non-hydrogen) atoms. The normalized spacial score (nSPS) is 13.6. The van der Waals surface area contributed by atoms with E-state index in [1.54, 1.807) is 0 Å². The van der Waals surface area contributed by atoms with Gasteiger partial charge in [0.15, 0.2) is 0 Å². The van der Waals surface area contributed by atoms with E-state index in [2.05, 4.69) is 315 Å². The van der Waals surface area contributed by atoms with Crippen LogP contribution in [-0.4, -0.2) is 4.57 Å². The molecule has 3 nitrogen and oxygen atoms in total. The molecule has 16 rings (SSSR count). The lowest BCUT2D eigenvalue weighted by Crippen LogP contribution is -2.16. The van der Waals surface area contributed by atoms with Crippen molar-refractivity contribution >= 4 is 87.4 Å². The second kappa shape index (κ2) is 18.4. The van der Waals surface area contributed by atoms with Gasteiger partial charge in [0.1, 0.15) is 0 Å². The maximum Gasteiger partial charge on any atom is 0.0541 e. The van der Waals surface area contributed by atoms with Crippen LogP contribution in [0.2, 0.25) is 0 Å². The van der Waals surface area contributed by atoms with Crippen LogP contribution in [0.5, 0.6) is 0 Å². The molecule has 2 aromatic heterocycles. The molecule has 0 atom stereocenters. The Morgan fingerprint density at radius 2 is 0.683 bits per heavy atom. The van der Waals surface area contributed by atoms with Crippen molar-refractivity contribution in [2.24, 2.45) is 0 Å². The minimum absolute atomic E-state index is 0.104. The summed E-state index contributed by atoms with van der Waals surface area (Å²) in [6.07, 6.45) is 0. The molecule has 14 aromatic rings. The average Bonchev–Trinajstić information content (AvgIpc) is 3.65. The van der Waals surface area contributed by atoms with Gasteiger partial charge in [0.25, 0.3) is 0 Å². The second-order valence-corrected chi connectivity index (χ2v) is 24.4. The lowest BCUT2D eigenvalue weighted by Gasteiger charge is -2.28. The number of nitrogens with zero attached hydrogens (tertiary/aromatic N) is 3. The highest BCUT2D eigenvalue weighted by atomic mass is 32.1. The Kier molecular flexibility index (Phi) is 10.8. The van der Waals surface area contributed by atoms with Gasteiger partial charge in [0.2, 0.25) is 0 Å². The van der Waals surface area contributed by atoms with Crippen molar-refractivity contribution in [2.45, 2.75) is 38.5 Å². The van der Waals surface area contributed by atoms with E-state index < -0.39 is 0 Å². The van der Waals surface area contributed by atoms with Crippen LogP contribution in [0.4, 0.5) is 34.1 Å². The van der Waals surface area contributed by atoms with Gasteiger partial charge in [0, 0.05) is 81.6 Å². The van der Waals surface area contributed by atoms with E-state index in [4.69, 9.17) is 0 Å². The van der Waals surface area contributed by atoms with Gasteiger partial charge >= 0.3 is 0 Å². The smallest absolute Gasteiger partial charge is 0.0541 e. The molecular formula is C78H57N3S. The first-order valence-corrected chi connectivity index (χ1v) is 29.4. The van der Waals surface area contributed by atoms with Crippen molar-refractivity contribution in [3.63, 3.8) is 0 Å². The monoisotopic (exact) mass is 1070 g/mol. The van der Waals surface area contributed by atoms with Crippen LogP contribution in [0.15, 0.2) is 273 Å². The maximum atomic E-state index is 2.47. The Bertz CT molecular complexity index is 4600. The standard InChI is InChI=1S/C78H57N3S/c1-77(2)69-24-14-11-21-61(69)63-40-37-58(47-71(63)77)79(54-17-7-5-8-18-54)56-33-27-50(28-34-56)52-31-43-73-67(45-52)68-46-53(32-44-74(68)81(73)60-39-42-66-65-23-13-16-26-75(65)82-76(66)49-60)51-29-35-57(36-30-51)80(55-19-9-6-10-20-55)59-38-41-64-62-22-12-15-25-70(62)78(3,4)72(64)48-59/h5-49H,1-4H3. The molecule has 390 valence electrons. The van der Waals surface area contributed by atoms with Gasteiger partial charge in [-0.1, -0.05) is 185 Å². The van der Waals surface area contributed by atoms with Crippen LogP contribution in [0.3, 0.4) is 0 Å². The fourth-order valence-corrected chi connectivity index (χ4v) is 15.0. The van der Waals surface area contributed by atoms with Gasteiger partial charge in [-0.15, -0.1) is 11.3 Å². The summed E-state index contributed by atoms with van der Waals surface area (Å²) in [6.45, 7) is 9.43. The molecule has 0 saturated carbocycles. The molecule has 0 unspecified atom stereocenters. The fourth-order valence-electron chi connectivity index (χ4n) is 13.8. The summed E-state index contributed by atoms with van der Waals surface area (Å²) in [5.41, 5.74) is 25.6. The van der Waals surface area contributed by atoms with Crippen molar-refractivity contribution in [3.8, 4) is 50.2 Å². The number of hydrogen-bond acceptors (Lipinski definition) is 3. The van der Waals surface area contributed by atoms with Gasteiger partial charge in [0.05, 0.1) is 11.0 Å². The fraction of sp³-hybridized carbons (Fsp3) is 0.0769. The first kappa shape index (κ1) is 48.2. The molecule has 0 radical (unpaired) electrons. The number of thiophene rings is 1. The zero-order valence-electron chi connectivity index (χ0n) is 46.2. The first-order valence-electron chi connectivity index (χ1n) is 28.6. The quantitative estimate of drug-likeness (QED) is 0.143. The molecule has 0 bridgehead atoms. The second-order valence-electron chi connectivity index (χ2n) is 23.3.